The summed E-state index contributed by atoms with van der Waals surface area (Å²) in [7, 11) is 1.59. The van der Waals surface area contributed by atoms with Crippen molar-refractivity contribution in [1.29, 1.82) is 0 Å². The predicted molar refractivity (Wildman–Crippen MR) is 66.6 cm³/mol. The summed E-state index contributed by atoms with van der Waals surface area (Å²) in [6.07, 6.45) is 0. The fraction of sp³-hybridized carbons (Fsp3) is 0.333. The molecule has 2 rings (SSSR count). The van der Waals surface area contributed by atoms with Crippen LogP contribution in [0.4, 0.5) is 5.69 Å². The third-order valence-corrected chi connectivity index (χ3v) is 3.75. The monoisotopic (exact) mass is 251 g/mol. The van der Waals surface area contributed by atoms with Gasteiger partial charge in [0, 0.05) is 17.2 Å². The highest BCUT2D eigenvalue weighted by atomic mass is 32.2. The number of aliphatic hydroxyl groups excluding tert-OH is 1. The molecule has 1 atom stereocenters. The van der Waals surface area contributed by atoms with Crippen LogP contribution in [0.1, 0.15) is 17.3 Å². The number of amides is 1. The average molecular weight is 251 g/mol. The summed E-state index contributed by atoms with van der Waals surface area (Å²) >= 11 is 1.51. The Bertz CT molecular complexity index is 487. The second kappa shape index (κ2) is 4.50. The summed E-state index contributed by atoms with van der Waals surface area (Å²) in [6.45, 7) is 2.01. The van der Waals surface area contributed by atoms with Crippen molar-refractivity contribution < 1.29 is 14.7 Å². The smallest absolute Gasteiger partial charge is 0.299 e. The average Bonchev–Trinajstić information content (AvgIpc) is 2.54. The van der Waals surface area contributed by atoms with Gasteiger partial charge < -0.3 is 10.0 Å². The SMILES string of the molecule is CC(CO)Sc1ccc2c(c1)N(C)C(=O)C2=O. The van der Waals surface area contributed by atoms with E-state index in [9.17, 15) is 9.59 Å². The van der Waals surface area contributed by atoms with E-state index in [0.717, 1.165) is 4.90 Å². The minimum Gasteiger partial charge on any atom is -0.395 e. The van der Waals surface area contributed by atoms with E-state index in [1.54, 1.807) is 19.2 Å². The number of hydrogen-bond acceptors (Lipinski definition) is 4. The molecular weight excluding hydrogens is 238 g/mol. The molecule has 1 heterocycles. The minimum absolute atomic E-state index is 0.0890. The molecule has 1 aliphatic heterocycles. The number of carbonyl (C=O) groups is 2. The Morgan fingerprint density at radius 2 is 2.12 bits per heavy atom. The van der Waals surface area contributed by atoms with Gasteiger partial charge in [-0.1, -0.05) is 6.92 Å². The number of anilines is 1. The van der Waals surface area contributed by atoms with E-state index in [0.29, 0.717) is 11.3 Å². The molecule has 0 bridgehead atoms. The van der Waals surface area contributed by atoms with Gasteiger partial charge in [-0.25, -0.2) is 0 Å². The highest BCUT2D eigenvalue weighted by molar-refractivity contribution is 8.00. The van der Waals surface area contributed by atoms with Gasteiger partial charge in [-0.05, 0) is 18.2 Å². The lowest BCUT2D eigenvalue weighted by atomic mass is 10.1. The first-order valence-electron chi connectivity index (χ1n) is 5.28. The van der Waals surface area contributed by atoms with Gasteiger partial charge in [-0.2, -0.15) is 0 Å². The Labute approximate surface area is 104 Å². The maximum absolute atomic E-state index is 11.6. The number of benzene rings is 1. The molecule has 0 aromatic heterocycles. The van der Waals surface area contributed by atoms with Crippen LogP contribution in [0, 0.1) is 0 Å². The summed E-state index contributed by atoms with van der Waals surface area (Å²) in [6, 6.07) is 5.29. The van der Waals surface area contributed by atoms with Crippen molar-refractivity contribution in [3.05, 3.63) is 23.8 Å². The zero-order chi connectivity index (χ0) is 12.6. The van der Waals surface area contributed by atoms with Gasteiger partial charge in [0.25, 0.3) is 11.7 Å². The molecule has 5 heteroatoms. The summed E-state index contributed by atoms with van der Waals surface area (Å²) < 4.78 is 0. The normalized spacial score (nSPS) is 16.3. The first kappa shape index (κ1) is 12.1. The topological polar surface area (TPSA) is 57.6 Å². The number of thioether (sulfide) groups is 1. The van der Waals surface area contributed by atoms with Crippen molar-refractivity contribution in [3.63, 3.8) is 0 Å². The van der Waals surface area contributed by atoms with Crippen LogP contribution in [-0.2, 0) is 4.79 Å². The molecule has 17 heavy (non-hydrogen) atoms. The van der Waals surface area contributed by atoms with Gasteiger partial charge in [0.15, 0.2) is 0 Å². The molecule has 1 aliphatic rings. The van der Waals surface area contributed by atoms with E-state index < -0.39 is 11.7 Å². The fourth-order valence-corrected chi connectivity index (χ4v) is 2.57. The Kier molecular flexibility index (Phi) is 3.22. The zero-order valence-electron chi connectivity index (χ0n) is 9.64. The van der Waals surface area contributed by atoms with Crippen LogP contribution in [0.5, 0.6) is 0 Å². The summed E-state index contributed by atoms with van der Waals surface area (Å²) in [5, 5.41) is 9.08. The molecule has 1 aromatic carbocycles. The third-order valence-electron chi connectivity index (χ3n) is 2.67. The highest BCUT2D eigenvalue weighted by Gasteiger charge is 2.33. The summed E-state index contributed by atoms with van der Waals surface area (Å²) in [5.74, 6) is -0.938. The van der Waals surface area contributed by atoms with Gasteiger partial charge in [0.1, 0.15) is 0 Å². The lowest BCUT2D eigenvalue weighted by Gasteiger charge is -2.12. The van der Waals surface area contributed by atoms with Crippen LogP contribution < -0.4 is 4.90 Å². The number of ketones is 1. The van der Waals surface area contributed by atoms with Gasteiger partial charge in [0.05, 0.1) is 17.9 Å². The standard InChI is InChI=1S/C12H13NO3S/c1-7(6-14)17-8-3-4-9-10(5-8)13(2)12(16)11(9)15/h3-5,7,14H,6H2,1-2H3. The first-order chi connectivity index (χ1) is 8.04. The van der Waals surface area contributed by atoms with E-state index in [4.69, 9.17) is 5.11 Å². The maximum atomic E-state index is 11.6. The zero-order valence-corrected chi connectivity index (χ0v) is 10.5. The Hall–Kier alpha value is -1.33. The molecule has 4 nitrogen and oxygen atoms in total. The quantitative estimate of drug-likeness (QED) is 0.650. The molecule has 0 fully saturated rings. The third kappa shape index (κ3) is 2.08. The first-order valence-corrected chi connectivity index (χ1v) is 6.16. The lowest BCUT2D eigenvalue weighted by molar-refractivity contribution is -0.114. The molecule has 1 N–H and O–H groups in total. The molecule has 0 radical (unpaired) electrons. The number of aliphatic hydroxyl groups is 1. The lowest BCUT2D eigenvalue weighted by Crippen LogP contribution is -2.24. The van der Waals surface area contributed by atoms with E-state index in [-0.39, 0.29) is 11.9 Å². The minimum atomic E-state index is -0.489. The molecule has 0 saturated carbocycles. The second-order valence-electron chi connectivity index (χ2n) is 3.98. The largest absolute Gasteiger partial charge is 0.395 e. The van der Waals surface area contributed by atoms with Crippen LogP contribution in [0.3, 0.4) is 0 Å². The fourth-order valence-electron chi connectivity index (χ4n) is 1.70. The number of carbonyl (C=O) groups excluding carboxylic acids is 2. The van der Waals surface area contributed by atoms with Crippen LogP contribution >= 0.6 is 11.8 Å². The van der Waals surface area contributed by atoms with E-state index in [1.165, 1.54) is 16.7 Å². The summed E-state index contributed by atoms with van der Waals surface area (Å²) in [4.78, 5) is 25.4. The van der Waals surface area contributed by atoms with E-state index in [2.05, 4.69) is 0 Å². The molecular formula is C12H13NO3S. The molecule has 0 saturated heterocycles. The van der Waals surface area contributed by atoms with Crippen molar-refractivity contribution in [2.24, 2.45) is 0 Å². The number of likely N-dealkylation sites (N-methyl/N-ethyl adjacent to an activating group) is 1. The van der Waals surface area contributed by atoms with Crippen molar-refractivity contribution in [2.45, 2.75) is 17.1 Å². The van der Waals surface area contributed by atoms with E-state index in [1.807, 2.05) is 13.0 Å². The van der Waals surface area contributed by atoms with Crippen LogP contribution in [0.2, 0.25) is 0 Å². The van der Waals surface area contributed by atoms with Gasteiger partial charge >= 0.3 is 0 Å². The Morgan fingerprint density at radius 3 is 2.76 bits per heavy atom. The maximum Gasteiger partial charge on any atom is 0.299 e. The van der Waals surface area contributed by atoms with Crippen LogP contribution in [0.15, 0.2) is 23.1 Å². The van der Waals surface area contributed by atoms with Crippen molar-refractivity contribution in [1.82, 2.24) is 0 Å². The number of nitrogens with zero attached hydrogens (tertiary/aromatic N) is 1. The van der Waals surface area contributed by atoms with E-state index >= 15 is 0 Å². The molecule has 1 unspecified atom stereocenters. The molecule has 1 amide bonds. The Morgan fingerprint density at radius 1 is 1.41 bits per heavy atom. The Balaban J connectivity index is 2.33. The molecule has 90 valence electrons. The summed E-state index contributed by atoms with van der Waals surface area (Å²) in [5.41, 5.74) is 1.11. The van der Waals surface area contributed by atoms with Gasteiger partial charge in [-0.15, -0.1) is 11.8 Å². The van der Waals surface area contributed by atoms with Crippen molar-refractivity contribution in [2.75, 3.05) is 18.6 Å². The van der Waals surface area contributed by atoms with Gasteiger partial charge in [0.2, 0.25) is 0 Å². The number of rotatable bonds is 3. The molecule has 0 spiro atoms. The predicted octanol–water partition coefficient (Wildman–Crippen LogP) is 1.32. The van der Waals surface area contributed by atoms with Crippen molar-refractivity contribution >= 4 is 29.1 Å². The molecule has 1 aromatic rings. The number of fused-ring (bicyclic) bond motifs is 1. The number of Topliss-reactive ketones (excluding diaryl/α,β-unsaturated/α-hetero) is 1. The highest BCUT2D eigenvalue weighted by Crippen LogP contribution is 2.33. The van der Waals surface area contributed by atoms with Crippen LogP contribution in [-0.4, -0.2) is 35.7 Å². The van der Waals surface area contributed by atoms with Gasteiger partial charge in [-0.3, -0.25) is 9.59 Å². The van der Waals surface area contributed by atoms with Crippen molar-refractivity contribution in [3.8, 4) is 0 Å². The van der Waals surface area contributed by atoms with Crippen LogP contribution in [0.25, 0.3) is 0 Å². The number of hydrogen-bond donors (Lipinski definition) is 1. The molecule has 0 aliphatic carbocycles. The second-order valence-corrected chi connectivity index (χ2v) is 5.50.